The van der Waals surface area contributed by atoms with Crippen molar-refractivity contribution in [2.24, 2.45) is 0 Å². The van der Waals surface area contributed by atoms with E-state index in [1.807, 2.05) is 32.9 Å². The number of carbonyl (C=O) groups excluding carboxylic acids is 1. The summed E-state index contributed by atoms with van der Waals surface area (Å²) in [5.41, 5.74) is 9.46. The van der Waals surface area contributed by atoms with Crippen LogP contribution in [0, 0.1) is 0 Å². The Morgan fingerprint density at radius 3 is 2.75 bits per heavy atom. The summed E-state index contributed by atoms with van der Waals surface area (Å²) in [5, 5.41) is 0. The Morgan fingerprint density at radius 2 is 2.15 bits per heavy atom. The van der Waals surface area contributed by atoms with Gasteiger partial charge in [0.15, 0.2) is 0 Å². The van der Waals surface area contributed by atoms with Crippen LogP contribution in [0.1, 0.15) is 37.5 Å². The van der Waals surface area contributed by atoms with Crippen molar-refractivity contribution in [3.05, 3.63) is 35.4 Å². The highest BCUT2D eigenvalue weighted by Crippen LogP contribution is 2.27. The van der Waals surface area contributed by atoms with E-state index in [-0.39, 0.29) is 6.09 Å². The van der Waals surface area contributed by atoms with Crippen LogP contribution < -0.4 is 5.73 Å². The Labute approximate surface area is 120 Å². The van der Waals surface area contributed by atoms with Crippen LogP contribution in [0.2, 0.25) is 0 Å². The van der Waals surface area contributed by atoms with Crippen LogP contribution in [-0.2, 0) is 17.7 Å². The monoisotopic (exact) mass is 274 g/mol. The molecule has 0 fully saturated rings. The molecule has 2 rings (SSSR count). The maximum absolute atomic E-state index is 12.1. The van der Waals surface area contributed by atoms with Crippen molar-refractivity contribution in [1.82, 2.24) is 4.90 Å². The van der Waals surface area contributed by atoms with E-state index in [0.717, 1.165) is 23.2 Å². The van der Waals surface area contributed by atoms with Gasteiger partial charge < -0.3 is 15.4 Å². The molecule has 108 valence electrons. The summed E-state index contributed by atoms with van der Waals surface area (Å²) >= 11 is 0. The molecule has 1 aliphatic heterocycles. The molecule has 0 saturated carbocycles. The number of rotatable bonds is 1. The summed E-state index contributed by atoms with van der Waals surface area (Å²) < 4.78 is 5.43. The molecule has 1 heterocycles. The minimum atomic E-state index is -0.472. The Hall–Kier alpha value is -1.97. The first-order valence-corrected chi connectivity index (χ1v) is 6.82. The van der Waals surface area contributed by atoms with Crippen LogP contribution in [0.25, 0.3) is 6.08 Å². The highest BCUT2D eigenvalue weighted by Gasteiger charge is 2.26. The van der Waals surface area contributed by atoms with Crippen molar-refractivity contribution in [3.8, 4) is 0 Å². The second-order valence-corrected chi connectivity index (χ2v) is 6.10. The lowest BCUT2D eigenvalue weighted by atomic mass is 9.94. The van der Waals surface area contributed by atoms with Gasteiger partial charge in [0.2, 0.25) is 0 Å². The van der Waals surface area contributed by atoms with Crippen LogP contribution in [0.3, 0.4) is 0 Å². The average molecular weight is 274 g/mol. The smallest absolute Gasteiger partial charge is 0.410 e. The first-order valence-electron chi connectivity index (χ1n) is 6.82. The van der Waals surface area contributed by atoms with Gasteiger partial charge >= 0.3 is 6.09 Å². The zero-order valence-corrected chi connectivity index (χ0v) is 12.4. The SMILES string of the molecule is C=Cc1cc(N)cc2c1CN(C(=O)OC(C)(C)C)CC2. The minimum absolute atomic E-state index is 0.269. The molecule has 4 heteroatoms. The third kappa shape index (κ3) is 3.13. The number of hydrogen-bond donors (Lipinski definition) is 1. The molecule has 1 aromatic carbocycles. The summed E-state index contributed by atoms with van der Waals surface area (Å²) in [4.78, 5) is 13.9. The van der Waals surface area contributed by atoms with Gasteiger partial charge in [0.05, 0.1) is 0 Å². The van der Waals surface area contributed by atoms with Crippen LogP contribution >= 0.6 is 0 Å². The molecular formula is C16H22N2O2. The first kappa shape index (κ1) is 14.4. The fraction of sp³-hybridized carbons (Fsp3) is 0.438. The van der Waals surface area contributed by atoms with E-state index in [2.05, 4.69) is 6.58 Å². The first-order chi connectivity index (χ1) is 9.30. The summed E-state index contributed by atoms with van der Waals surface area (Å²) in [6.07, 6.45) is 2.31. The molecule has 20 heavy (non-hydrogen) atoms. The number of ether oxygens (including phenoxy) is 1. The van der Waals surface area contributed by atoms with Crippen molar-refractivity contribution >= 4 is 17.9 Å². The zero-order valence-electron chi connectivity index (χ0n) is 12.4. The fourth-order valence-corrected chi connectivity index (χ4v) is 2.39. The van der Waals surface area contributed by atoms with Gasteiger partial charge in [-0.2, -0.15) is 0 Å². The Kier molecular flexibility index (Phi) is 3.75. The molecule has 2 N–H and O–H groups in total. The molecule has 0 spiro atoms. The van der Waals surface area contributed by atoms with E-state index >= 15 is 0 Å². The number of nitrogen functional groups attached to an aromatic ring is 1. The highest BCUT2D eigenvalue weighted by molar-refractivity contribution is 5.70. The number of benzene rings is 1. The van der Waals surface area contributed by atoms with Crippen molar-refractivity contribution in [3.63, 3.8) is 0 Å². The van der Waals surface area contributed by atoms with Gasteiger partial charge in [-0.3, -0.25) is 0 Å². The maximum atomic E-state index is 12.1. The van der Waals surface area contributed by atoms with Gasteiger partial charge in [0.1, 0.15) is 5.60 Å². The molecular weight excluding hydrogens is 252 g/mol. The number of anilines is 1. The molecule has 0 bridgehead atoms. The van der Waals surface area contributed by atoms with E-state index in [1.165, 1.54) is 5.56 Å². The van der Waals surface area contributed by atoms with E-state index in [9.17, 15) is 4.79 Å². The molecule has 0 saturated heterocycles. The van der Waals surface area contributed by atoms with Crippen molar-refractivity contribution in [2.75, 3.05) is 12.3 Å². The summed E-state index contributed by atoms with van der Waals surface area (Å²) in [6.45, 7) is 10.6. The lowest BCUT2D eigenvalue weighted by Crippen LogP contribution is -2.40. The van der Waals surface area contributed by atoms with Crippen molar-refractivity contribution in [2.45, 2.75) is 39.3 Å². The largest absolute Gasteiger partial charge is 0.444 e. The van der Waals surface area contributed by atoms with Crippen molar-refractivity contribution < 1.29 is 9.53 Å². The van der Waals surface area contributed by atoms with Gasteiger partial charge in [-0.25, -0.2) is 4.79 Å². The molecule has 0 unspecified atom stereocenters. The van der Waals surface area contributed by atoms with Gasteiger partial charge in [-0.15, -0.1) is 0 Å². The number of fused-ring (bicyclic) bond motifs is 1. The van der Waals surface area contributed by atoms with Gasteiger partial charge in [-0.05, 0) is 56.0 Å². The summed E-state index contributed by atoms with van der Waals surface area (Å²) in [7, 11) is 0. The average Bonchev–Trinajstić information content (AvgIpc) is 2.35. The Bertz CT molecular complexity index is 544. The second-order valence-electron chi connectivity index (χ2n) is 6.10. The van der Waals surface area contributed by atoms with Gasteiger partial charge in [0.25, 0.3) is 0 Å². The minimum Gasteiger partial charge on any atom is -0.444 e. The molecule has 0 aliphatic carbocycles. The zero-order chi connectivity index (χ0) is 14.9. The van der Waals surface area contributed by atoms with Crippen LogP contribution in [-0.4, -0.2) is 23.1 Å². The van der Waals surface area contributed by atoms with E-state index in [4.69, 9.17) is 10.5 Å². The molecule has 4 nitrogen and oxygen atoms in total. The van der Waals surface area contributed by atoms with Crippen LogP contribution in [0.5, 0.6) is 0 Å². The predicted molar refractivity (Wildman–Crippen MR) is 81.3 cm³/mol. The predicted octanol–water partition coefficient (Wildman–Crippen LogP) is 3.21. The molecule has 1 aromatic rings. The number of carbonyl (C=O) groups is 1. The van der Waals surface area contributed by atoms with E-state index in [1.54, 1.807) is 11.0 Å². The number of hydrogen-bond acceptors (Lipinski definition) is 3. The topological polar surface area (TPSA) is 55.6 Å². The third-order valence-electron chi connectivity index (χ3n) is 3.27. The van der Waals surface area contributed by atoms with E-state index in [0.29, 0.717) is 13.1 Å². The van der Waals surface area contributed by atoms with Gasteiger partial charge in [0, 0.05) is 18.8 Å². The second kappa shape index (κ2) is 5.19. The van der Waals surface area contributed by atoms with Crippen molar-refractivity contribution in [1.29, 1.82) is 0 Å². The Balaban J connectivity index is 2.22. The molecule has 0 radical (unpaired) electrons. The van der Waals surface area contributed by atoms with Gasteiger partial charge in [-0.1, -0.05) is 12.7 Å². The molecule has 1 aliphatic rings. The fourth-order valence-electron chi connectivity index (χ4n) is 2.39. The number of nitrogens with zero attached hydrogens (tertiary/aromatic N) is 1. The third-order valence-corrected chi connectivity index (χ3v) is 3.27. The molecule has 0 aromatic heterocycles. The molecule has 0 atom stereocenters. The van der Waals surface area contributed by atoms with Crippen LogP contribution in [0.15, 0.2) is 18.7 Å². The van der Waals surface area contributed by atoms with E-state index < -0.39 is 5.60 Å². The number of nitrogens with two attached hydrogens (primary N) is 1. The lowest BCUT2D eigenvalue weighted by molar-refractivity contribution is 0.0224. The normalized spacial score (nSPS) is 14.7. The lowest BCUT2D eigenvalue weighted by Gasteiger charge is -2.32. The maximum Gasteiger partial charge on any atom is 0.410 e. The Morgan fingerprint density at radius 1 is 1.45 bits per heavy atom. The quantitative estimate of drug-likeness (QED) is 0.800. The highest BCUT2D eigenvalue weighted by atomic mass is 16.6. The standard InChI is InChI=1S/C16H22N2O2/c1-5-11-8-13(17)9-12-6-7-18(10-14(11)12)15(19)20-16(2,3)4/h5,8-9H,1,6-7,10,17H2,2-4H3. The molecule has 1 amide bonds. The summed E-state index contributed by atoms with van der Waals surface area (Å²) in [6, 6.07) is 3.87. The number of amides is 1. The summed E-state index contributed by atoms with van der Waals surface area (Å²) in [5.74, 6) is 0. The van der Waals surface area contributed by atoms with Crippen LogP contribution in [0.4, 0.5) is 10.5 Å².